The van der Waals surface area contributed by atoms with Crippen LogP contribution in [0.3, 0.4) is 0 Å². The van der Waals surface area contributed by atoms with Crippen LogP contribution in [0.4, 0.5) is 5.69 Å². The molecule has 4 rings (SSSR count). The molecule has 0 saturated carbocycles. The van der Waals surface area contributed by atoms with E-state index in [4.69, 9.17) is 4.74 Å². The van der Waals surface area contributed by atoms with Crippen LogP contribution in [0.2, 0.25) is 0 Å². The molecule has 1 unspecified atom stereocenters. The van der Waals surface area contributed by atoms with Gasteiger partial charge in [0, 0.05) is 13.0 Å². The lowest BCUT2D eigenvalue weighted by Crippen LogP contribution is -2.35. The molecule has 0 radical (unpaired) electrons. The van der Waals surface area contributed by atoms with Gasteiger partial charge in [-0.05, 0) is 31.2 Å². The highest BCUT2D eigenvalue weighted by atomic mass is 16.5. The second-order valence-corrected chi connectivity index (χ2v) is 6.95. The highest BCUT2D eigenvalue weighted by Gasteiger charge is 2.36. The number of methoxy groups -OCH3 is 1. The number of benzene rings is 2. The van der Waals surface area contributed by atoms with Gasteiger partial charge in [0.15, 0.2) is 0 Å². The van der Waals surface area contributed by atoms with Crippen molar-refractivity contribution in [3.05, 3.63) is 54.4 Å². The number of aromatic amines is 1. The Morgan fingerprint density at radius 1 is 1.25 bits per heavy atom. The molecule has 1 saturated heterocycles. The van der Waals surface area contributed by atoms with Crippen molar-refractivity contribution in [3.63, 3.8) is 0 Å². The summed E-state index contributed by atoms with van der Waals surface area (Å²) in [5, 5.41) is 2.98. The zero-order valence-electron chi connectivity index (χ0n) is 15.8. The molecule has 2 N–H and O–H groups in total. The summed E-state index contributed by atoms with van der Waals surface area (Å²) in [6, 6.07) is 14.8. The van der Waals surface area contributed by atoms with Crippen molar-refractivity contribution in [3.8, 4) is 5.75 Å². The quantitative estimate of drug-likeness (QED) is 0.715. The maximum atomic E-state index is 12.8. The maximum Gasteiger partial charge on any atom is 0.227 e. The van der Waals surface area contributed by atoms with Gasteiger partial charge in [-0.3, -0.25) is 9.59 Å². The summed E-state index contributed by atoms with van der Waals surface area (Å²) in [4.78, 5) is 34.6. The normalized spacial score (nSPS) is 17.7. The minimum Gasteiger partial charge on any atom is -0.495 e. The SMILES string of the molecule is COc1ccccc1N1CC(C(=O)N[C@@H](C)c2nc3ccccc3[nH]2)CC1=O. The minimum absolute atomic E-state index is 0.0824. The number of imidazole rings is 1. The Balaban J connectivity index is 1.46. The molecule has 2 aromatic carbocycles. The van der Waals surface area contributed by atoms with Gasteiger partial charge >= 0.3 is 0 Å². The van der Waals surface area contributed by atoms with Crippen LogP contribution in [-0.4, -0.2) is 35.4 Å². The van der Waals surface area contributed by atoms with Crippen molar-refractivity contribution >= 4 is 28.5 Å². The lowest BCUT2D eigenvalue weighted by Gasteiger charge is -2.20. The predicted octanol–water partition coefficient (Wildman–Crippen LogP) is 2.80. The number of carbonyl (C=O) groups is 2. The van der Waals surface area contributed by atoms with Crippen LogP contribution in [0.1, 0.15) is 25.2 Å². The number of nitrogens with zero attached hydrogens (tertiary/aromatic N) is 2. The number of carbonyl (C=O) groups excluding carboxylic acids is 2. The lowest BCUT2D eigenvalue weighted by atomic mass is 10.1. The molecule has 7 nitrogen and oxygen atoms in total. The molecule has 0 spiro atoms. The third kappa shape index (κ3) is 3.31. The number of para-hydroxylation sites is 4. The van der Waals surface area contributed by atoms with E-state index in [0.29, 0.717) is 23.8 Å². The second-order valence-electron chi connectivity index (χ2n) is 6.95. The average molecular weight is 378 g/mol. The van der Waals surface area contributed by atoms with Crippen LogP contribution in [0.5, 0.6) is 5.75 Å². The Hall–Kier alpha value is -3.35. The topological polar surface area (TPSA) is 87.3 Å². The molecule has 1 aliphatic heterocycles. The summed E-state index contributed by atoms with van der Waals surface area (Å²) < 4.78 is 5.35. The second kappa shape index (κ2) is 7.34. The molecule has 3 aromatic rings. The highest BCUT2D eigenvalue weighted by molar-refractivity contribution is 6.01. The van der Waals surface area contributed by atoms with Crippen LogP contribution in [0.25, 0.3) is 11.0 Å². The molecule has 0 bridgehead atoms. The molecule has 2 atom stereocenters. The minimum atomic E-state index is -0.413. The molecule has 1 aliphatic rings. The first-order valence-electron chi connectivity index (χ1n) is 9.25. The number of anilines is 1. The summed E-state index contributed by atoms with van der Waals surface area (Å²) in [5.74, 6) is 0.664. The molecule has 7 heteroatoms. The number of aromatic nitrogens is 2. The fourth-order valence-corrected chi connectivity index (χ4v) is 3.55. The third-order valence-corrected chi connectivity index (χ3v) is 5.05. The summed E-state index contributed by atoms with van der Waals surface area (Å²) in [7, 11) is 1.57. The summed E-state index contributed by atoms with van der Waals surface area (Å²) in [6.45, 7) is 2.21. The standard InChI is InChI=1S/C21H22N4O3/c1-13(20-23-15-7-3-4-8-16(15)24-20)22-21(27)14-11-19(26)25(12-14)17-9-5-6-10-18(17)28-2/h3-10,13-14H,11-12H2,1-2H3,(H,22,27)(H,23,24)/t13-,14?/m0/s1. The van der Waals surface area contributed by atoms with E-state index in [1.165, 1.54) is 0 Å². The predicted molar refractivity (Wildman–Crippen MR) is 106 cm³/mol. The van der Waals surface area contributed by atoms with Crippen LogP contribution < -0.4 is 15.0 Å². The van der Waals surface area contributed by atoms with E-state index in [1.54, 1.807) is 18.1 Å². The van der Waals surface area contributed by atoms with Crippen molar-refractivity contribution in [2.45, 2.75) is 19.4 Å². The van der Waals surface area contributed by atoms with Crippen molar-refractivity contribution in [2.75, 3.05) is 18.6 Å². The van der Waals surface area contributed by atoms with Crippen LogP contribution >= 0.6 is 0 Å². The Bertz CT molecular complexity index is 996. The smallest absolute Gasteiger partial charge is 0.227 e. The first kappa shape index (κ1) is 18.0. The van der Waals surface area contributed by atoms with Gasteiger partial charge in [0.05, 0.1) is 35.8 Å². The molecule has 0 aliphatic carbocycles. The summed E-state index contributed by atoms with van der Waals surface area (Å²) in [6.07, 6.45) is 0.177. The third-order valence-electron chi connectivity index (χ3n) is 5.05. The van der Waals surface area contributed by atoms with Crippen molar-refractivity contribution < 1.29 is 14.3 Å². The number of nitrogens with one attached hydrogen (secondary N) is 2. The van der Waals surface area contributed by atoms with E-state index in [-0.39, 0.29) is 24.3 Å². The zero-order chi connectivity index (χ0) is 19.7. The summed E-state index contributed by atoms with van der Waals surface area (Å²) in [5.41, 5.74) is 2.48. The first-order chi connectivity index (χ1) is 13.6. The molecule has 2 amide bonds. The van der Waals surface area contributed by atoms with E-state index in [1.807, 2.05) is 49.4 Å². The Morgan fingerprint density at radius 3 is 2.79 bits per heavy atom. The van der Waals surface area contributed by atoms with E-state index in [2.05, 4.69) is 15.3 Å². The average Bonchev–Trinajstić information content (AvgIpc) is 3.31. The Labute approximate surface area is 162 Å². The van der Waals surface area contributed by atoms with Gasteiger partial charge in [-0.25, -0.2) is 4.98 Å². The molecule has 28 heavy (non-hydrogen) atoms. The fraction of sp³-hybridized carbons (Fsp3) is 0.286. The maximum absolute atomic E-state index is 12.8. The largest absolute Gasteiger partial charge is 0.495 e. The van der Waals surface area contributed by atoms with Crippen LogP contribution in [0, 0.1) is 5.92 Å². The molecule has 2 heterocycles. The van der Waals surface area contributed by atoms with E-state index < -0.39 is 5.92 Å². The number of fused-ring (bicyclic) bond motifs is 1. The number of amides is 2. The first-order valence-corrected chi connectivity index (χ1v) is 9.25. The van der Waals surface area contributed by atoms with Crippen molar-refractivity contribution in [2.24, 2.45) is 5.92 Å². The van der Waals surface area contributed by atoms with Gasteiger partial charge in [-0.2, -0.15) is 0 Å². The number of hydrogen-bond donors (Lipinski definition) is 2. The molecule has 1 fully saturated rings. The Morgan fingerprint density at radius 2 is 2.00 bits per heavy atom. The van der Waals surface area contributed by atoms with Crippen molar-refractivity contribution in [1.29, 1.82) is 0 Å². The number of ether oxygens (including phenoxy) is 1. The highest BCUT2D eigenvalue weighted by Crippen LogP contribution is 2.33. The van der Waals surface area contributed by atoms with Crippen LogP contribution in [-0.2, 0) is 9.59 Å². The van der Waals surface area contributed by atoms with E-state index in [9.17, 15) is 9.59 Å². The van der Waals surface area contributed by atoms with E-state index >= 15 is 0 Å². The molecular formula is C21H22N4O3. The Kier molecular flexibility index (Phi) is 4.73. The molecule has 1 aromatic heterocycles. The summed E-state index contributed by atoms with van der Waals surface area (Å²) >= 11 is 0. The fourth-order valence-electron chi connectivity index (χ4n) is 3.55. The zero-order valence-corrected chi connectivity index (χ0v) is 15.8. The van der Waals surface area contributed by atoms with E-state index in [0.717, 1.165) is 11.0 Å². The number of H-pyrrole nitrogens is 1. The van der Waals surface area contributed by atoms with Gasteiger partial charge in [-0.1, -0.05) is 24.3 Å². The van der Waals surface area contributed by atoms with Crippen LogP contribution in [0.15, 0.2) is 48.5 Å². The van der Waals surface area contributed by atoms with Gasteiger partial charge in [0.1, 0.15) is 11.6 Å². The monoisotopic (exact) mass is 378 g/mol. The van der Waals surface area contributed by atoms with Gasteiger partial charge < -0.3 is 19.9 Å². The molecular weight excluding hydrogens is 356 g/mol. The van der Waals surface area contributed by atoms with Gasteiger partial charge in [0.2, 0.25) is 11.8 Å². The van der Waals surface area contributed by atoms with Gasteiger partial charge in [-0.15, -0.1) is 0 Å². The number of hydrogen-bond acceptors (Lipinski definition) is 4. The van der Waals surface area contributed by atoms with Crippen molar-refractivity contribution in [1.82, 2.24) is 15.3 Å². The lowest BCUT2D eigenvalue weighted by molar-refractivity contribution is -0.126. The number of rotatable bonds is 5. The van der Waals surface area contributed by atoms with Gasteiger partial charge in [0.25, 0.3) is 0 Å². The molecule has 144 valence electrons.